The van der Waals surface area contributed by atoms with Crippen molar-refractivity contribution in [3.63, 3.8) is 0 Å². The summed E-state index contributed by atoms with van der Waals surface area (Å²) in [5.74, 6) is 1.38. The number of piperazine rings is 1. The zero-order chi connectivity index (χ0) is 18.7. The van der Waals surface area contributed by atoms with Crippen LogP contribution in [0.25, 0.3) is 0 Å². The molecule has 1 aliphatic heterocycles. The second-order valence-corrected chi connectivity index (χ2v) is 7.20. The van der Waals surface area contributed by atoms with Gasteiger partial charge in [-0.05, 0) is 6.92 Å². The van der Waals surface area contributed by atoms with Crippen LogP contribution in [0.5, 0.6) is 0 Å². The Morgan fingerprint density at radius 2 is 2.08 bits per heavy atom. The van der Waals surface area contributed by atoms with Crippen LogP contribution in [0.2, 0.25) is 0 Å². The van der Waals surface area contributed by atoms with E-state index in [0.29, 0.717) is 47.8 Å². The van der Waals surface area contributed by atoms with Crippen LogP contribution in [-0.4, -0.2) is 60.8 Å². The number of hydrazine groups is 1. The lowest BCUT2D eigenvalue weighted by atomic mass is 10.3. The fourth-order valence-corrected chi connectivity index (χ4v) is 3.55. The molecule has 26 heavy (non-hydrogen) atoms. The van der Waals surface area contributed by atoms with Gasteiger partial charge in [-0.2, -0.15) is 0 Å². The van der Waals surface area contributed by atoms with E-state index in [-0.39, 0.29) is 0 Å². The Balaban J connectivity index is 1.69. The molecular formula is C13H18N8O3S2. The third kappa shape index (κ3) is 4.70. The third-order valence-corrected chi connectivity index (χ3v) is 4.96. The van der Waals surface area contributed by atoms with Crippen molar-refractivity contribution < 1.29 is 13.6 Å². The first-order chi connectivity index (χ1) is 12.4. The number of amides is 1. The summed E-state index contributed by atoms with van der Waals surface area (Å²) in [5.41, 5.74) is 5.24. The maximum Gasteiger partial charge on any atom is 0.260 e. The van der Waals surface area contributed by atoms with Crippen LogP contribution in [0.15, 0.2) is 12.3 Å². The molecule has 0 aliphatic carbocycles. The zero-order valence-electron chi connectivity index (χ0n) is 13.9. The van der Waals surface area contributed by atoms with Gasteiger partial charge in [-0.3, -0.25) is 9.35 Å². The lowest BCUT2D eigenvalue weighted by Gasteiger charge is -2.34. The van der Waals surface area contributed by atoms with Crippen molar-refractivity contribution in [3.8, 4) is 0 Å². The Morgan fingerprint density at radius 1 is 1.35 bits per heavy atom. The van der Waals surface area contributed by atoms with Gasteiger partial charge in [0.15, 0.2) is 5.13 Å². The number of rotatable bonds is 6. The fourth-order valence-electron chi connectivity index (χ4n) is 2.47. The molecule has 2 aromatic heterocycles. The monoisotopic (exact) mass is 398 g/mol. The second-order valence-electron chi connectivity index (χ2n) is 5.49. The normalized spacial score (nSPS) is 16.5. The highest BCUT2D eigenvalue weighted by atomic mass is 32.2. The minimum Gasteiger partial charge on any atom is -0.365 e. The first-order valence-electron chi connectivity index (χ1n) is 7.66. The Kier molecular flexibility index (Phi) is 5.73. The van der Waals surface area contributed by atoms with Crippen LogP contribution >= 0.6 is 11.3 Å². The summed E-state index contributed by atoms with van der Waals surface area (Å²) in [6.45, 7) is 4.23. The van der Waals surface area contributed by atoms with Crippen LogP contribution in [0.4, 0.5) is 16.8 Å². The van der Waals surface area contributed by atoms with E-state index in [9.17, 15) is 9.00 Å². The molecule has 5 N–H and O–H groups in total. The highest BCUT2D eigenvalue weighted by Gasteiger charge is 2.20. The van der Waals surface area contributed by atoms with Crippen LogP contribution in [-0.2, 0) is 11.3 Å². The van der Waals surface area contributed by atoms with E-state index < -0.39 is 17.2 Å². The van der Waals surface area contributed by atoms with Gasteiger partial charge in [0.05, 0.1) is 6.20 Å². The summed E-state index contributed by atoms with van der Waals surface area (Å²) in [6.07, 6.45) is 1.42. The average molecular weight is 398 g/mol. The number of hydrogen-bond acceptors (Lipinski definition) is 9. The molecule has 11 nitrogen and oxygen atoms in total. The van der Waals surface area contributed by atoms with Crippen molar-refractivity contribution in [1.29, 1.82) is 0 Å². The van der Waals surface area contributed by atoms with E-state index in [1.165, 1.54) is 6.20 Å². The Bertz CT molecular complexity index is 821. The number of primary amides is 1. The number of nitrogens with one attached hydrogen (secondary N) is 2. The molecule has 1 fully saturated rings. The maximum atomic E-state index is 11.2. The van der Waals surface area contributed by atoms with E-state index in [2.05, 4.69) is 30.0 Å². The predicted octanol–water partition coefficient (Wildman–Crippen LogP) is -0.153. The number of hydrogen-bond donors (Lipinski definition) is 4. The molecule has 3 rings (SSSR count). The number of carbonyl (C=O) groups is 1. The summed E-state index contributed by atoms with van der Waals surface area (Å²) >= 11 is -0.916. The van der Waals surface area contributed by atoms with Gasteiger partial charge in [0, 0.05) is 32.2 Å². The van der Waals surface area contributed by atoms with E-state index in [1.807, 2.05) is 0 Å². The number of aryl methyl sites for hydroxylation is 1. The van der Waals surface area contributed by atoms with Crippen LogP contribution in [0.3, 0.4) is 0 Å². The molecule has 3 heterocycles. The third-order valence-electron chi connectivity index (χ3n) is 3.62. The van der Waals surface area contributed by atoms with Crippen molar-refractivity contribution in [1.82, 2.24) is 24.8 Å². The van der Waals surface area contributed by atoms with Gasteiger partial charge < -0.3 is 16.0 Å². The van der Waals surface area contributed by atoms with Crippen LogP contribution < -0.4 is 20.8 Å². The molecule has 13 heteroatoms. The van der Waals surface area contributed by atoms with Crippen molar-refractivity contribution in [2.75, 3.05) is 36.4 Å². The van der Waals surface area contributed by atoms with Gasteiger partial charge in [0.25, 0.3) is 5.91 Å². The quantitative estimate of drug-likeness (QED) is 0.487. The van der Waals surface area contributed by atoms with E-state index in [0.717, 1.165) is 17.2 Å². The Labute approximate surface area is 156 Å². The van der Waals surface area contributed by atoms with Crippen LogP contribution in [0.1, 0.15) is 15.5 Å². The van der Waals surface area contributed by atoms with Gasteiger partial charge in [-0.1, -0.05) is 11.3 Å². The molecule has 0 spiro atoms. The van der Waals surface area contributed by atoms with Crippen molar-refractivity contribution in [3.05, 3.63) is 23.0 Å². The minimum atomic E-state index is -2.07. The first kappa shape index (κ1) is 18.6. The first-order valence-corrected chi connectivity index (χ1v) is 9.58. The molecular weight excluding hydrogens is 380 g/mol. The maximum absolute atomic E-state index is 11.2. The average Bonchev–Trinajstić information content (AvgIpc) is 3.03. The number of nitrogens with zero attached hydrogens (tertiary/aromatic N) is 5. The number of carbonyl (C=O) groups excluding carboxylic acids is 1. The molecule has 0 saturated carbocycles. The summed E-state index contributed by atoms with van der Waals surface area (Å²) in [7, 11) is 0. The fraction of sp³-hybridized carbons (Fsp3) is 0.385. The smallest absolute Gasteiger partial charge is 0.260 e. The van der Waals surface area contributed by atoms with Gasteiger partial charge >= 0.3 is 0 Å². The standard InChI is InChI=1S/C13H18N8O3S2/c1-8-16-10(18-13-15-7-9(25-13)12(14)22)6-11(17-8)20-2-4-21(5-3-20)19-26(23)24/h6-7,19H,2-5H2,1H3,(H2,14,22)(H,23,24)(H,15,16,17,18). The number of aromatic nitrogens is 3. The summed E-state index contributed by atoms with van der Waals surface area (Å²) in [4.78, 5) is 29.0. The van der Waals surface area contributed by atoms with Crippen LogP contribution in [0, 0.1) is 6.92 Å². The molecule has 0 aromatic carbocycles. The molecule has 1 atom stereocenters. The molecule has 2 aromatic rings. The molecule has 1 unspecified atom stereocenters. The zero-order valence-corrected chi connectivity index (χ0v) is 15.5. The summed E-state index contributed by atoms with van der Waals surface area (Å²) in [6, 6.07) is 1.80. The molecule has 1 saturated heterocycles. The highest BCUT2D eigenvalue weighted by molar-refractivity contribution is 7.77. The Hall–Kier alpha value is -2.19. The number of anilines is 3. The second kappa shape index (κ2) is 8.01. The van der Waals surface area contributed by atoms with Crippen molar-refractivity contribution in [2.24, 2.45) is 5.73 Å². The molecule has 140 valence electrons. The topological polar surface area (TPSA) is 150 Å². The predicted molar refractivity (Wildman–Crippen MR) is 98.4 cm³/mol. The van der Waals surface area contributed by atoms with E-state index in [4.69, 9.17) is 10.3 Å². The SMILES string of the molecule is Cc1nc(Nc2ncc(C(N)=O)s2)cc(N2CCN(NS(=O)O)CC2)n1. The molecule has 1 amide bonds. The van der Waals surface area contributed by atoms with Gasteiger partial charge in [-0.15, -0.1) is 4.83 Å². The largest absolute Gasteiger partial charge is 0.365 e. The van der Waals surface area contributed by atoms with Gasteiger partial charge in [0.2, 0.25) is 11.3 Å². The molecule has 0 bridgehead atoms. The molecule has 1 aliphatic rings. The van der Waals surface area contributed by atoms with Crippen molar-refractivity contribution >= 4 is 45.3 Å². The summed E-state index contributed by atoms with van der Waals surface area (Å²) < 4.78 is 19.7. The van der Waals surface area contributed by atoms with Gasteiger partial charge in [-0.25, -0.2) is 24.2 Å². The number of nitrogens with two attached hydrogens (primary N) is 1. The Morgan fingerprint density at radius 3 is 2.69 bits per heavy atom. The lowest BCUT2D eigenvalue weighted by molar-refractivity contribution is 0.100. The number of thiazole rings is 1. The highest BCUT2D eigenvalue weighted by Crippen LogP contribution is 2.24. The minimum absolute atomic E-state index is 0.364. The van der Waals surface area contributed by atoms with Gasteiger partial charge in [0.1, 0.15) is 22.3 Å². The van der Waals surface area contributed by atoms with Crippen molar-refractivity contribution in [2.45, 2.75) is 6.92 Å². The lowest BCUT2D eigenvalue weighted by Crippen LogP contribution is -2.52. The molecule has 0 radical (unpaired) electrons. The van der Waals surface area contributed by atoms with E-state index >= 15 is 0 Å². The summed E-state index contributed by atoms with van der Waals surface area (Å²) in [5, 5.41) is 5.27. The van der Waals surface area contributed by atoms with E-state index in [1.54, 1.807) is 18.0 Å².